The van der Waals surface area contributed by atoms with E-state index in [4.69, 9.17) is 9.47 Å². The summed E-state index contributed by atoms with van der Waals surface area (Å²) in [5.41, 5.74) is 1.95. The minimum atomic E-state index is -0.855. The van der Waals surface area contributed by atoms with Gasteiger partial charge in [0.2, 0.25) is 0 Å². The first-order chi connectivity index (χ1) is 10.7. The molecule has 0 aromatic heterocycles. The molecule has 22 heavy (non-hydrogen) atoms. The average molecular weight is 300 g/mol. The molecule has 1 N–H and O–H groups in total. The van der Waals surface area contributed by atoms with Crippen LogP contribution in [0.3, 0.4) is 0 Å². The molecule has 0 aliphatic heterocycles. The van der Waals surface area contributed by atoms with Gasteiger partial charge in [-0.05, 0) is 11.1 Å². The summed E-state index contributed by atoms with van der Waals surface area (Å²) < 4.78 is 10.5. The fourth-order valence-electron chi connectivity index (χ4n) is 1.94. The van der Waals surface area contributed by atoms with Crippen molar-refractivity contribution < 1.29 is 19.4 Å². The van der Waals surface area contributed by atoms with Crippen LogP contribution < -0.4 is 0 Å². The van der Waals surface area contributed by atoms with Gasteiger partial charge in [0.15, 0.2) is 0 Å². The molecule has 0 saturated carbocycles. The van der Waals surface area contributed by atoms with Gasteiger partial charge < -0.3 is 14.6 Å². The van der Waals surface area contributed by atoms with Gasteiger partial charge in [-0.1, -0.05) is 60.7 Å². The number of carbonyl (C=O) groups is 1. The van der Waals surface area contributed by atoms with E-state index in [0.29, 0.717) is 6.61 Å². The van der Waals surface area contributed by atoms with Gasteiger partial charge >= 0.3 is 5.97 Å². The van der Waals surface area contributed by atoms with Crippen LogP contribution in [0.2, 0.25) is 0 Å². The van der Waals surface area contributed by atoms with Crippen LogP contribution in [0.1, 0.15) is 17.5 Å². The molecule has 2 aromatic rings. The van der Waals surface area contributed by atoms with Crippen LogP contribution in [0.15, 0.2) is 60.7 Å². The number of hydrogen-bond acceptors (Lipinski definition) is 4. The van der Waals surface area contributed by atoms with E-state index in [9.17, 15) is 9.90 Å². The van der Waals surface area contributed by atoms with Crippen LogP contribution in [0.25, 0.3) is 0 Å². The number of esters is 1. The molecule has 0 amide bonds. The van der Waals surface area contributed by atoms with E-state index in [1.165, 1.54) is 0 Å². The Morgan fingerprint density at radius 1 is 0.909 bits per heavy atom. The second-order valence-electron chi connectivity index (χ2n) is 5.00. The van der Waals surface area contributed by atoms with Gasteiger partial charge in [-0.15, -0.1) is 0 Å². The van der Waals surface area contributed by atoms with Crippen LogP contribution in [-0.4, -0.2) is 23.8 Å². The number of ether oxygens (including phenoxy) is 2. The molecule has 0 fully saturated rings. The molecule has 0 saturated heterocycles. The lowest BCUT2D eigenvalue weighted by atomic mass is 10.2. The summed E-state index contributed by atoms with van der Waals surface area (Å²) in [4.78, 5) is 11.6. The quantitative estimate of drug-likeness (QED) is 0.762. The van der Waals surface area contributed by atoms with Crippen molar-refractivity contribution in [3.63, 3.8) is 0 Å². The molecule has 4 nitrogen and oxygen atoms in total. The van der Waals surface area contributed by atoms with Crippen molar-refractivity contribution in [2.45, 2.75) is 25.7 Å². The van der Waals surface area contributed by atoms with Crippen molar-refractivity contribution >= 4 is 5.97 Å². The number of rotatable bonds is 8. The maximum absolute atomic E-state index is 11.6. The van der Waals surface area contributed by atoms with Crippen LogP contribution in [0.5, 0.6) is 0 Å². The first-order valence-electron chi connectivity index (χ1n) is 7.23. The normalized spacial score (nSPS) is 11.9. The van der Waals surface area contributed by atoms with Gasteiger partial charge in [-0.25, -0.2) is 0 Å². The molecule has 2 aromatic carbocycles. The molecular weight excluding hydrogens is 280 g/mol. The highest BCUT2D eigenvalue weighted by Gasteiger charge is 2.12. The third-order valence-electron chi connectivity index (χ3n) is 3.07. The van der Waals surface area contributed by atoms with Crippen molar-refractivity contribution in [2.75, 3.05) is 6.61 Å². The zero-order valence-electron chi connectivity index (χ0n) is 12.4. The highest BCUT2D eigenvalue weighted by Crippen LogP contribution is 2.05. The second kappa shape index (κ2) is 8.97. The molecule has 0 heterocycles. The van der Waals surface area contributed by atoms with Gasteiger partial charge in [0.25, 0.3) is 0 Å². The SMILES string of the molecule is O=C(C[C@@H](O)COCc1ccccc1)OCc1ccccc1. The molecule has 0 spiro atoms. The molecule has 1 atom stereocenters. The Morgan fingerprint density at radius 2 is 1.45 bits per heavy atom. The summed E-state index contributed by atoms with van der Waals surface area (Å²) in [5, 5.41) is 9.77. The monoisotopic (exact) mass is 300 g/mol. The smallest absolute Gasteiger partial charge is 0.308 e. The van der Waals surface area contributed by atoms with Gasteiger partial charge in [0.05, 0.1) is 25.7 Å². The van der Waals surface area contributed by atoms with E-state index in [2.05, 4.69) is 0 Å². The number of aliphatic hydroxyl groups excluding tert-OH is 1. The van der Waals surface area contributed by atoms with Gasteiger partial charge in [-0.3, -0.25) is 4.79 Å². The number of hydrogen-bond donors (Lipinski definition) is 1. The molecular formula is C18H20O4. The topological polar surface area (TPSA) is 55.8 Å². The average Bonchev–Trinajstić information content (AvgIpc) is 2.55. The zero-order valence-corrected chi connectivity index (χ0v) is 12.4. The third-order valence-corrected chi connectivity index (χ3v) is 3.07. The Labute approximate surface area is 130 Å². The van der Waals surface area contributed by atoms with Gasteiger partial charge in [-0.2, -0.15) is 0 Å². The number of carbonyl (C=O) groups excluding carboxylic acids is 1. The predicted molar refractivity (Wildman–Crippen MR) is 83.0 cm³/mol. The van der Waals surface area contributed by atoms with E-state index in [1.54, 1.807) is 0 Å². The summed E-state index contributed by atoms with van der Waals surface area (Å²) in [6.45, 7) is 0.740. The van der Waals surface area contributed by atoms with Crippen molar-refractivity contribution in [3.05, 3.63) is 71.8 Å². The highest BCUT2D eigenvalue weighted by atomic mass is 16.5. The van der Waals surface area contributed by atoms with E-state index < -0.39 is 12.1 Å². The van der Waals surface area contributed by atoms with Crippen molar-refractivity contribution in [1.82, 2.24) is 0 Å². The Morgan fingerprint density at radius 3 is 2.05 bits per heavy atom. The molecule has 116 valence electrons. The molecule has 0 unspecified atom stereocenters. The lowest BCUT2D eigenvalue weighted by Gasteiger charge is -2.11. The molecule has 0 radical (unpaired) electrons. The fourth-order valence-corrected chi connectivity index (χ4v) is 1.94. The second-order valence-corrected chi connectivity index (χ2v) is 5.00. The lowest BCUT2D eigenvalue weighted by molar-refractivity contribution is -0.148. The highest BCUT2D eigenvalue weighted by molar-refractivity contribution is 5.69. The zero-order chi connectivity index (χ0) is 15.6. The van der Waals surface area contributed by atoms with Crippen molar-refractivity contribution in [1.29, 1.82) is 0 Å². The predicted octanol–water partition coefficient (Wildman–Crippen LogP) is 2.70. The van der Waals surface area contributed by atoms with Crippen LogP contribution >= 0.6 is 0 Å². The summed E-state index contributed by atoms with van der Waals surface area (Å²) in [6, 6.07) is 19.1. The first-order valence-corrected chi connectivity index (χ1v) is 7.23. The fraction of sp³-hybridized carbons (Fsp3) is 0.278. The summed E-state index contributed by atoms with van der Waals surface area (Å²) >= 11 is 0. The maximum atomic E-state index is 11.6. The first kappa shape index (κ1) is 16.2. The summed E-state index contributed by atoms with van der Waals surface area (Å²) in [7, 11) is 0. The van der Waals surface area contributed by atoms with Crippen LogP contribution in [0, 0.1) is 0 Å². The Balaban J connectivity index is 1.62. The Bertz CT molecular complexity index is 554. The molecule has 0 bridgehead atoms. The Hall–Kier alpha value is -2.17. The van der Waals surface area contributed by atoms with E-state index in [-0.39, 0.29) is 19.6 Å². The number of benzene rings is 2. The molecule has 2 rings (SSSR count). The summed E-state index contributed by atoms with van der Waals surface area (Å²) in [5.74, 6) is -0.431. The minimum absolute atomic E-state index is 0.0678. The van der Waals surface area contributed by atoms with Crippen LogP contribution in [-0.2, 0) is 27.5 Å². The summed E-state index contributed by atoms with van der Waals surface area (Å²) in [6.07, 6.45) is -0.922. The minimum Gasteiger partial charge on any atom is -0.461 e. The van der Waals surface area contributed by atoms with Gasteiger partial charge in [0.1, 0.15) is 6.61 Å². The van der Waals surface area contributed by atoms with E-state index >= 15 is 0 Å². The third kappa shape index (κ3) is 6.08. The van der Waals surface area contributed by atoms with E-state index in [1.807, 2.05) is 60.7 Å². The number of aliphatic hydroxyl groups is 1. The van der Waals surface area contributed by atoms with Gasteiger partial charge in [0, 0.05) is 0 Å². The van der Waals surface area contributed by atoms with Crippen molar-refractivity contribution in [2.24, 2.45) is 0 Å². The van der Waals surface area contributed by atoms with Crippen molar-refractivity contribution in [3.8, 4) is 0 Å². The molecule has 0 aliphatic carbocycles. The maximum Gasteiger partial charge on any atom is 0.308 e. The molecule has 4 heteroatoms. The lowest BCUT2D eigenvalue weighted by Crippen LogP contribution is -2.21. The largest absolute Gasteiger partial charge is 0.461 e. The van der Waals surface area contributed by atoms with Crippen LogP contribution in [0.4, 0.5) is 0 Å². The standard InChI is InChI=1S/C18H20O4/c19-17(14-21-12-15-7-3-1-4-8-15)11-18(20)22-13-16-9-5-2-6-10-16/h1-10,17,19H,11-14H2/t17-/m1/s1. The van der Waals surface area contributed by atoms with E-state index in [0.717, 1.165) is 11.1 Å². The molecule has 0 aliphatic rings. The Kier molecular flexibility index (Phi) is 6.61.